The Morgan fingerprint density at radius 3 is 2.41 bits per heavy atom. The van der Waals surface area contributed by atoms with Crippen molar-refractivity contribution in [3.63, 3.8) is 0 Å². The third-order valence-corrected chi connectivity index (χ3v) is 3.96. The van der Waals surface area contributed by atoms with E-state index in [9.17, 15) is 0 Å². The normalized spacial score (nSPS) is 26.2. The highest BCUT2D eigenvalue weighted by molar-refractivity contribution is 6.17. The Morgan fingerprint density at radius 1 is 1.29 bits per heavy atom. The monoisotopic (exact) mass is 253 g/mol. The van der Waals surface area contributed by atoms with Gasteiger partial charge >= 0.3 is 0 Å². The van der Waals surface area contributed by atoms with Crippen molar-refractivity contribution >= 4 is 17.4 Å². The number of rotatable bonds is 2. The van der Waals surface area contributed by atoms with E-state index < -0.39 is 0 Å². The SMILES string of the molecule is CC1CN(c2ccc(CCl)cn2)CC(C)N1C. The molecule has 4 heteroatoms. The summed E-state index contributed by atoms with van der Waals surface area (Å²) in [6.45, 7) is 6.59. The molecule has 1 aliphatic heterocycles. The van der Waals surface area contributed by atoms with Crippen molar-refractivity contribution in [2.45, 2.75) is 31.8 Å². The number of halogens is 1. The molecule has 3 nitrogen and oxygen atoms in total. The minimum atomic E-state index is 0.531. The molecule has 0 amide bonds. The highest BCUT2D eigenvalue weighted by Gasteiger charge is 2.26. The molecule has 1 saturated heterocycles. The van der Waals surface area contributed by atoms with E-state index in [2.05, 4.69) is 47.8 Å². The van der Waals surface area contributed by atoms with E-state index in [1.54, 1.807) is 0 Å². The zero-order valence-corrected chi connectivity index (χ0v) is 11.5. The molecule has 1 fully saturated rings. The van der Waals surface area contributed by atoms with E-state index >= 15 is 0 Å². The Balaban J connectivity index is 2.11. The molecule has 2 atom stereocenters. The van der Waals surface area contributed by atoms with Crippen molar-refractivity contribution < 1.29 is 0 Å². The van der Waals surface area contributed by atoms with Crippen molar-refractivity contribution in [3.8, 4) is 0 Å². The van der Waals surface area contributed by atoms with E-state index in [-0.39, 0.29) is 0 Å². The van der Waals surface area contributed by atoms with E-state index in [0.29, 0.717) is 18.0 Å². The first kappa shape index (κ1) is 12.7. The molecule has 0 spiro atoms. The van der Waals surface area contributed by atoms with Crippen LogP contribution < -0.4 is 4.90 Å². The lowest BCUT2D eigenvalue weighted by Crippen LogP contribution is -2.55. The lowest BCUT2D eigenvalue weighted by atomic mass is 10.1. The Labute approximate surface area is 108 Å². The third-order valence-electron chi connectivity index (χ3n) is 3.65. The molecule has 0 N–H and O–H groups in total. The molecule has 1 aliphatic rings. The summed E-state index contributed by atoms with van der Waals surface area (Å²) in [6.07, 6.45) is 1.87. The Kier molecular flexibility index (Phi) is 3.89. The quantitative estimate of drug-likeness (QED) is 0.755. The van der Waals surface area contributed by atoms with Crippen LogP contribution in [0.25, 0.3) is 0 Å². The Bertz CT molecular complexity index is 353. The minimum absolute atomic E-state index is 0.531. The van der Waals surface area contributed by atoms with Gasteiger partial charge in [0.1, 0.15) is 5.82 Å². The second-order valence-electron chi connectivity index (χ2n) is 4.93. The summed E-state index contributed by atoms with van der Waals surface area (Å²) in [7, 11) is 2.19. The number of hydrogen-bond donors (Lipinski definition) is 0. The van der Waals surface area contributed by atoms with Crippen molar-refractivity contribution in [1.29, 1.82) is 0 Å². The Morgan fingerprint density at radius 2 is 1.94 bits per heavy atom. The van der Waals surface area contributed by atoms with Gasteiger partial charge in [-0.3, -0.25) is 4.90 Å². The van der Waals surface area contributed by atoms with Gasteiger partial charge in [-0.2, -0.15) is 0 Å². The second kappa shape index (κ2) is 5.23. The van der Waals surface area contributed by atoms with Crippen LogP contribution >= 0.6 is 11.6 Å². The minimum Gasteiger partial charge on any atom is -0.354 e. The van der Waals surface area contributed by atoms with Gasteiger partial charge in [0.25, 0.3) is 0 Å². The molecule has 1 aromatic heterocycles. The second-order valence-corrected chi connectivity index (χ2v) is 5.19. The smallest absolute Gasteiger partial charge is 0.128 e. The van der Waals surface area contributed by atoms with Gasteiger partial charge in [0.15, 0.2) is 0 Å². The summed E-state index contributed by atoms with van der Waals surface area (Å²) in [5.41, 5.74) is 1.07. The zero-order chi connectivity index (χ0) is 12.4. The van der Waals surface area contributed by atoms with Crippen LogP contribution in [0, 0.1) is 0 Å². The number of hydrogen-bond acceptors (Lipinski definition) is 3. The van der Waals surface area contributed by atoms with Crippen LogP contribution in [-0.2, 0) is 5.88 Å². The van der Waals surface area contributed by atoms with Crippen LogP contribution in [0.2, 0.25) is 0 Å². The summed E-state index contributed by atoms with van der Waals surface area (Å²) in [5.74, 6) is 1.59. The van der Waals surface area contributed by atoms with Crippen LogP contribution in [0.5, 0.6) is 0 Å². The van der Waals surface area contributed by atoms with Crippen molar-refractivity contribution in [3.05, 3.63) is 23.9 Å². The predicted octanol–water partition coefficient (Wildman–Crippen LogP) is 2.35. The van der Waals surface area contributed by atoms with Crippen LogP contribution in [0.4, 0.5) is 5.82 Å². The molecule has 2 heterocycles. The van der Waals surface area contributed by atoms with Gasteiger partial charge in [0.05, 0.1) is 0 Å². The topological polar surface area (TPSA) is 19.4 Å². The van der Waals surface area contributed by atoms with Crippen molar-refractivity contribution in [2.75, 3.05) is 25.0 Å². The third kappa shape index (κ3) is 2.72. The average Bonchev–Trinajstić information content (AvgIpc) is 2.35. The number of alkyl halides is 1. The first-order chi connectivity index (χ1) is 8.11. The number of piperazine rings is 1. The van der Waals surface area contributed by atoms with Gasteiger partial charge in [-0.25, -0.2) is 4.98 Å². The zero-order valence-electron chi connectivity index (χ0n) is 10.7. The molecule has 0 aliphatic carbocycles. The van der Waals surface area contributed by atoms with Crippen LogP contribution in [0.1, 0.15) is 19.4 Å². The van der Waals surface area contributed by atoms with Gasteiger partial charge in [0.2, 0.25) is 0 Å². The fourth-order valence-electron chi connectivity index (χ4n) is 2.27. The molecule has 17 heavy (non-hydrogen) atoms. The molecule has 0 bridgehead atoms. The lowest BCUT2D eigenvalue weighted by molar-refractivity contribution is 0.169. The average molecular weight is 254 g/mol. The maximum atomic E-state index is 5.77. The molecule has 94 valence electrons. The molecule has 2 unspecified atom stereocenters. The highest BCUT2D eigenvalue weighted by Crippen LogP contribution is 2.19. The molecule has 0 saturated carbocycles. The van der Waals surface area contributed by atoms with Gasteiger partial charge in [-0.05, 0) is 32.5 Å². The number of pyridine rings is 1. The fraction of sp³-hybridized carbons (Fsp3) is 0.615. The van der Waals surface area contributed by atoms with E-state index in [4.69, 9.17) is 11.6 Å². The van der Waals surface area contributed by atoms with Gasteiger partial charge in [-0.15, -0.1) is 11.6 Å². The summed E-state index contributed by atoms with van der Waals surface area (Å²) < 4.78 is 0. The molecular formula is C13H20ClN3. The van der Waals surface area contributed by atoms with Crippen LogP contribution in [-0.4, -0.2) is 42.1 Å². The van der Waals surface area contributed by atoms with Crippen molar-refractivity contribution in [1.82, 2.24) is 9.88 Å². The van der Waals surface area contributed by atoms with E-state index in [0.717, 1.165) is 24.5 Å². The maximum Gasteiger partial charge on any atom is 0.128 e. The molecule has 1 aromatic rings. The summed E-state index contributed by atoms with van der Waals surface area (Å²) in [6, 6.07) is 5.26. The summed E-state index contributed by atoms with van der Waals surface area (Å²) in [5, 5.41) is 0. The van der Waals surface area contributed by atoms with E-state index in [1.807, 2.05) is 6.20 Å². The number of anilines is 1. The van der Waals surface area contributed by atoms with Crippen LogP contribution in [0.15, 0.2) is 18.3 Å². The van der Waals surface area contributed by atoms with Crippen LogP contribution in [0.3, 0.4) is 0 Å². The predicted molar refractivity (Wildman–Crippen MR) is 72.7 cm³/mol. The highest BCUT2D eigenvalue weighted by atomic mass is 35.5. The number of aromatic nitrogens is 1. The summed E-state index contributed by atoms with van der Waals surface area (Å²) >= 11 is 5.77. The van der Waals surface area contributed by atoms with Gasteiger partial charge < -0.3 is 4.90 Å². The number of likely N-dealkylation sites (N-methyl/N-ethyl adjacent to an activating group) is 1. The largest absolute Gasteiger partial charge is 0.354 e. The molecular weight excluding hydrogens is 234 g/mol. The Hall–Kier alpha value is -0.800. The molecule has 2 rings (SSSR count). The fourth-order valence-corrected chi connectivity index (χ4v) is 2.43. The maximum absolute atomic E-state index is 5.77. The lowest BCUT2D eigenvalue weighted by Gasteiger charge is -2.43. The van der Waals surface area contributed by atoms with Crippen molar-refractivity contribution in [2.24, 2.45) is 0 Å². The summed E-state index contributed by atoms with van der Waals surface area (Å²) in [4.78, 5) is 9.26. The number of nitrogens with zero attached hydrogens (tertiary/aromatic N) is 3. The standard InChI is InChI=1S/C13H20ClN3/c1-10-8-17(9-11(2)16(10)3)13-5-4-12(6-14)7-15-13/h4-5,7,10-11H,6,8-9H2,1-3H3. The van der Waals surface area contributed by atoms with Gasteiger partial charge in [-0.1, -0.05) is 6.07 Å². The van der Waals surface area contributed by atoms with E-state index in [1.165, 1.54) is 0 Å². The van der Waals surface area contributed by atoms with Gasteiger partial charge in [0, 0.05) is 37.3 Å². The first-order valence-electron chi connectivity index (χ1n) is 6.09. The molecule has 0 aromatic carbocycles. The first-order valence-corrected chi connectivity index (χ1v) is 6.63. The molecule has 0 radical (unpaired) electrons.